The van der Waals surface area contributed by atoms with Gasteiger partial charge in [-0.1, -0.05) is 38.2 Å². The second-order valence-corrected chi connectivity index (χ2v) is 8.39. The number of nitrogens with zero attached hydrogens (tertiary/aromatic N) is 2. The highest BCUT2D eigenvalue weighted by Gasteiger charge is 2.15. The van der Waals surface area contributed by atoms with Crippen molar-refractivity contribution in [3.05, 3.63) is 57.5 Å². The Labute approximate surface area is 183 Å². The van der Waals surface area contributed by atoms with Gasteiger partial charge in [0.05, 0.1) is 6.54 Å². The van der Waals surface area contributed by atoms with Crippen molar-refractivity contribution in [1.82, 2.24) is 15.1 Å². The lowest BCUT2D eigenvalue weighted by molar-refractivity contribution is -0.122. The molecule has 0 saturated heterocycles. The number of amides is 2. The van der Waals surface area contributed by atoms with Crippen molar-refractivity contribution in [3.63, 3.8) is 0 Å². The maximum Gasteiger partial charge on any atom is 0.276 e. The van der Waals surface area contributed by atoms with Gasteiger partial charge in [0.1, 0.15) is 5.69 Å². The molecule has 3 rings (SSSR count). The summed E-state index contributed by atoms with van der Waals surface area (Å²) in [4.78, 5) is 37.1. The van der Waals surface area contributed by atoms with Crippen molar-refractivity contribution >= 4 is 17.5 Å². The molecule has 1 saturated carbocycles. The van der Waals surface area contributed by atoms with E-state index in [1.54, 1.807) is 0 Å². The fourth-order valence-electron chi connectivity index (χ4n) is 3.85. The van der Waals surface area contributed by atoms with Crippen LogP contribution in [0.15, 0.2) is 35.1 Å². The first-order valence-corrected chi connectivity index (χ1v) is 11.2. The smallest absolute Gasteiger partial charge is 0.276 e. The minimum atomic E-state index is -0.393. The molecule has 1 aromatic carbocycles. The van der Waals surface area contributed by atoms with Gasteiger partial charge in [-0.25, -0.2) is 4.68 Å². The summed E-state index contributed by atoms with van der Waals surface area (Å²) >= 11 is 0. The van der Waals surface area contributed by atoms with Crippen LogP contribution in [-0.4, -0.2) is 27.6 Å². The van der Waals surface area contributed by atoms with Gasteiger partial charge >= 0.3 is 0 Å². The van der Waals surface area contributed by atoms with Gasteiger partial charge in [0, 0.05) is 24.2 Å². The number of aromatic nitrogens is 2. The van der Waals surface area contributed by atoms with Gasteiger partial charge in [-0.3, -0.25) is 14.4 Å². The summed E-state index contributed by atoms with van der Waals surface area (Å²) in [5.74, 6) is -0.472. The van der Waals surface area contributed by atoms with Crippen molar-refractivity contribution in [3.8, 4) is 0 Å². The summed E-state index contributed by atoms with van der Waals surface area (Å²) in [6.07, 6.45) is 8.20. The van der Waals surface area contributed by atoms with Crippen molar-refractivity contribution in [2.24, 2.45) is 0 Å². The Morgan fingerprint density at radius 1 is 1.00 bits per heavy atom. The van der Waals surface area contributed by atoms with Crippen LogP contribution in [0, 0.1) is 13.8 Å². The van der Waals surface area contributed by atoms with Crippen molar-refractivity contribution in [1.29, 1.82) is 0 Å². The molecule has 0 radical (unpaired) electrons. The first-order chi connectivity index (χ1) is 14.9. The van der Waals surface area contributed by atoms with Gasteiger partial charge in [0.25, 0.3) is 11.5 Å². The maximum absolute atomic E-state index is 12.6. The van der Waals surface area contributed by atoms with Crippen LogP contribution >= 0.6 is 0 Å². The van der Waals surface area contributed by atoms with Crippen LogP contribution in [-0.2, 0) is 11.3 Å². The molecule has 0 spiro atoms. The first kappa shape index (κ1) is 22.7. The molecule has 0 unspecified atom stereocenters. The number of benzene rings is 1. The van der Waals surface area contributed by atoms with Gasteiger partial charge in [0.2, 0.25) is 5.91 Å². The third-order valence-corrected chi connectivity index (χ3v) is 5.88. The zero-order valence-electron chi connectivity index (χ0n) is 18.4. The average molecular weight is 425 g/mol. The zero-order chi connectivity index (χ0) is 22.2. The second kappa shape index (κ2) is 10.9. The Morgan fingerprint density at radius 2 is 1.71 bits per heavy atom. The molecule has 31 heavy (non-hydrogen) atoms. The minimum absolute atomic E-state index is 0.0794. The number of hydrogen-bond donors (Lipinski definition) is 2. The van der Waals surface area contributed by atoms with Crippen LogP contribution in [0.4, 0.5) is 5.69 Å². The van der Waals surface area contributed by atoms with E-state index in [9.17, 15) is 14.4 Å². The Hall–Kier alpha value is -2.96. The van der Waals surface area contributed by atoms with Crippen molar-refractivity contribution in [2.45, 2.75) is 77.8 Å². The van der Waals surface area contributed by atoms with Crippen LogP contribution in [0.3, 0.4) is 0 Å². The minimum Gasteiger partial charge on any atom is -0.353 e. The molecule has 0 aliphatic heterocycles. The number of aryl methyl sites for hydroxylation is 3. The molecule has 1 aromatic heterocycles. The monoisotopic (exact) mass is 424 g/mol. The fraction of sp³-hybridized carbons (Fsp3) is 0.500. The van der Waals surface area contributed by atoms with E-state index in [4.69, 9.17) is 0 Å². The topological polar surface area (TPSA) is 93.1 Å². The van der Waals surface area contributed by atoms with E-state index in [0.717, 1.165) is 36.8 Å². The number of carbonyl (C=O) groups excluding carboxylic acids is 2. The van der Waals surface area contributed by atoms with Crippen molar-refractivity contribution < 1.29 is 9.59 Å². The Bertz CT molecular complexity index is 975. The number of anilines is 1. The fourth-order valence-corrected chi connectivity index (χ4v) is 3.85. The summed E-state index contributed by atoms with van der Waals surface area (Å²) in [7, 11) is 0. The molecule has 2 aromatic rings. The van der Waals surface area contributed by atoms with E-state index in [-0.39, 0.29) is 36.2 Å². The zero-order valence-corrected chi connectivity index (χ0v) is 18.4. The summed E-state index contributed by atoms with van der Waals surface area (Å²) in [6, 6.07) is 8.60. The molecule has 1 aliphatic rings. The summed E-state index contributed by atoms with van der Waals surface area (Å²) < 4.78 is 1.19. The summed E-state index contributed by atoms with van der Waals surface area (Å²) in [6.45, 7) is 4.12. The average Bonchev–Trinajstić information content (AvgIpc) is 2.72. The second-order valence-electron chi connectivity index (χ2n) is 8.39. The van der Waals surface area contributed by atoms with Gasteiger partial charge in [-0.05, 0) is 56.0 Å². The molecule has 7 heteroatoms. The third-order valence-electron chi connectivity index (χ3n) is 5.88. The standard InChI is InChI=1S/C24H32N4O3/c1-17-10-11-20(16-18(17)2)26-24(31)21-12-13-23(30)28(27-21)15-14-22(29)25-19-8-6-4-3-5-7-9-19/h10-13,16,19H,3-9,14-15H2,1-2H3,(H,25,29)(H,26,31). The lowest BCUT2D eigenvalue weighted by atomic mass is 9.96. The molecule has 7 nitrogen and oxygen atoms in total. The summed E-state index contributed by atoms with van der Waals surface area (Å²) in [5, 5.41) is 10.1. The number of rotatable bonds is 6. The van der Waals surface area contributed by atoms with Gasteiger partial charge in [-0.15, -0.1) is 0 Å². The number of hydrogen-bond acceptors (Lipinski definition) is 4. The van der Waals surface area contributed by atoms with E-state index >= 15 is 0 Å². The molecule has 0 bridgehead atoms. The Morgan fingerprint density at radius 3 is 2.42 bits per heavy atom. The van der Waals surface area contributed by atoms with Crippen LogP contribution in [0.5, 0.6) is 0 Å². The van der Waals surface area contributed by atoms with E-state index in [1.165, 1.54) is 36.1 Å². The normalized spacial score (nSPS) is 15.0. The molecule has 166 valence electrons. The van der Waals surface area contributed by atoms with Crippen LogP contribution < -0.4 is 16.2 Å². The highest BCUT2D eigenvalue weighted by Crippen LogP contribution is 2.17. The van der Waals surface area contributed by atoms with E-state index < -0.39 is 5.91 Å². The van der Waals surface area contributed by atoms with E-state index in [1.807, 2.05) is 32.0 Å². The lowest BCUT2D eigenvalue weighted by Gasteiger charge is -2.21. The molecule has 0 atom stereocenters. The molecule has 2 amide bonds. The molecule has 2 N–H and O–H groups in total. The van der Waals surface area contributed by atoms with Crippen LogP contribution in [0.25, 0.3) is 0 Å². The summed E-state index contributed by atoms with van der Waals surface area (Å²) in [5.41, 5.74) is 2.69. The Balaban J connectivity index is 1.58. The molecular formula is C24H32N4O3. The van der Waals surface area contributed by atoms with Crippen LogP contribution in [0.1, 0.15) is 73.0 Å². The molecular weight excluding hydrogens is 392 g/mol. The highest BCUT2D eigenvalue weighted by atomic mass is 16.2. The maximum atomic E-state index is 12.6. The quantitative estimate of drug-likeness (QED) is 0.739. The van der Waals surface area contributed by atoms with E-state index in [2.05, 4.69) is 15.7 Å². The van der Waals surface area contributed by atoms with Gasteiger partial charge in [0.15, 0.2) is 0 Å². The number of nitrogens with one attached hydrogen (secondary N) is 2. The van der Waals surface area contributed by atoms with Gasteiger partial charge in [-0.2, -0.15) is 5.10 Å². The SMILES string of the molecule is Cc1ccc(NC(=O)c2ccc(=O)n(CCC(=O)NC3CCCCCCC3)n2)cc1C. The van der Waals surface area contributed by atoms with Crippen molar-refractivity contribution in [2.75, 3.05) is 5.32 Å². The largest absolute Gasteiger partial charge is 0.353 e. The highest BCUT2D eigenvalue weighted by molar-refractivity contribution is 6.02. The predicted octanol–water partition coefficient (Wildman–Crippen LogP) is 3.73. The van der Waals surface area contributed by atoms with Crippen LogP contribution in [0.2, 0.25) is 0 Å². The predicted molar refractivity (Wildman–Crippen MR) is 121 cm³/mol. The third kappa shape index (κ3) is 6.77. The molecule has 1 aliphatic carbocycles. The lowest BCUT2D eigenvalue weighted by Crippen LogP contribution is -2.36. The molecule has 1 fully saturated rings. The van der Waals surface area contributed by atoms with Gasteiger partial charge < -0.3 is 10.6 Å². The number of carbonyl (C=O) groups is 2. The Kier molecular flexibility index (Phi) is 7.98. The molecule has 1 heterocycles. The first-order valence-electron chi connectivity index (χ1n) is 11.2. The van der Waals surface area contributed by atoms with E-state index in [0.29, 0.717) is 5.69 Å².